The van der Waals surface area contributed by atoms with Crippen molar-refractivity contribution in [3.05, 3.63) is 23.2 Å². The van der Waals surface area contributed by atoms with Crippen molar-refractivity contribution in [3.63, 3.8) is 0 Å². The second kappa shape index (κ2) is 5.46. The van der Waals surface area contributed by atoms with Gasteiger partial charge in [-0.3, -0.25) is 9.59 Å². The molecule has 3 aliphatic rings. The van der Waals surface area contributed by atoms with Gasteiger partial charge in [0.15, 0.2) is 0 Å². The molecule has 4 nitrogen and oxygen atoms in total. The minimum absolute atomic E-state index is 0.128. The highest BCUT2D eigenvalue weighted by Gasteiger charge is 2.66. The molecule has 2 bridgehead atoms. The second-order valence-corrected chi connectivity index (χ2v) is 8.88. The third kappa shape index (κ3) is 2.07. The van der Waals surface area contributed by atoms with Crippen molar-refractivity contribution in [3.8, 4) is 5.75 Å². The number of rotatable bonds is 2. The van der Waals surface area contributed by atoms with E-state index in [0.717, 1.165) is 6.42 Å². The predicted octanol–water partition coefficient (Wildman–Crippen LogP) is 3.63. The van der Waals surface area contributed by atoms with Crippen LogP contribution in [0.25, 0.3) is 0 Å². The lowest BCUT2D eigenvalue weighted by Gasteiger charge is -2.28. The van der Waals surface area contributed by atoms with Gasteiger partial charge in [0.1, 0.15) is 5.75 Å². The van der Waals surface area contributed by atoms with Crippen LogP contribution in [0.15, 0.2) is 18.2 Å². The van der Waals surface area contributed by atoms with E-state index in [9.17, 15) is 9.59 Å². The average Bonchev–Trinajstić information content (AvgIpc) is 3.12. The maximum Gasteiger partial charge on any atom is 0.238 e. The highest BCUT2D eigenvalue weighted by molar-refractivity contribution is 9.12. The van der Waals surface area contributed by atoms with Gasteiger partial charge in [-0.25, -0.2) is 4.90 Å². The van der Waals surface area contributed by atoms with Crippen molar-refractivity contribution in [1.82, 2.24) is 0 Å². The van der Waals surface area contributed by atoms with Crippen LogP contribution in [0.3, 0.4) is 0 Å². The molecule has 1 aromatic carbocycles. The van der Waals surface area contributed by atoms with Crippen LogP contribution in [-0.4, -0.2) is 28.6 Å². The maximum atomic E-state index is 13.0. The van der Waals surface area contributed by atoms with E-state index in [1.165, 1.54) is 12.0 Å². The third-order valence-electron chi connectivity index (χ3n) is 5.37. The van der Waals surface area contributed by atoms with Crippen molar-refractivity contribution < 1.29 is 14.3 Å². The fourth-order valence-corrected chi connectivity index (χ4v) is 6.46. The Labute approximate surface area is 155 Å². The SMILES string of the molecule is COc1ccc(Cl)cc1N1C(=O)[C@@H]2[C@H]3C[C@H]([C@H](Br)[C@@H]3Br)[C@@H]2C1=O. The van der Waals surface area contributed by atoms with Crippen molar-refractivity contribution in [2.24, 2.45) is 23.7 Å². The van der Waals surface area contributed by atoms with Gasteiger partial charge in [0, 0.05) is 14.7 Å². The van der Waals surface area contributed by atoms with Crippen LogP contribution in [0.5, 0.6) is 5.75 Å². The first-order valence-electron chi connectivity index (χ1n) is 7.45. The number of amides is 2. The third-order valence-corrected chi connectivity index (χ3v) is 8.81. The lowest BCUT2D eigenvalue weighted by Crippen LogP contribution is -2.37. The summed E-state index contributed by atoms with van der Waals surface area (Å²) in [6.07, 6.45) is 0.916. The Bertz CT molecular complexity index is 681. The van der Waals surface area contributed by atoms with Crippen LogP contribution >= 0.6 is 43.5 Å². The number of nitrogens with zero attached hydrogens (tertiary/aromatic N) is 1. The van der Waals surface area contributed by atoms with E-state index in [-0.39, 0.29) is 45.1 Å². The number of methoxy groups -OCH3 is 1. The first-order chi connectivity index (χ1) is 11.0. The number of anilines is 1. The molecule has 1 aliphatic heterocycles. The Balaban J connectivity index is 1.78. The Morgan fingerprint density at radius 1 is 1.13 bits per heavy atom. The number of carbonyl (C=O) groups is 2. The summed E-state index contributed by atoms with van der Waals surface area (Å²) in [6.45, 7) is 0. The highest BCUT2D eigenvalue weighted by atomic mass is 79.9. The average molecular weight is 464 g/mol. The molecule has 0 spiro atoms. The Kier molecular flexibility index (Phi) is 3.78. The summed E-state index contributed by atoms with van der Waals surface area (Å²) < 4.78 is 5.32. The molecule has 122 valence electrons. The van der Waals surface area contributed by atoms with Crippen LogP contribution in [-0.2, 0) is 9.59 Å². The molecule has 0 unspecified atom stereocenters. The first kappa shape index (κ1) is 15.9. The zero-order valence-corrected chi connectivity index (χ0v) is 16.1. The van der Waals surface area contributed by atoms with Crippen LogP contribution in [0.1, 0.15) is 6.42 Å². The van der Waals surface area contributed by atoms with Crippen LogP contribution in [0.4, 0.5) is 5.69 Å². The van der Waals surface area contributed by atoms with Crippen LogP contribution in [0, 0.1) is 23.7 Å². The molecule has 23 heavy (non-hydrogen) atoms. The number of carbonyl (C=O) groups excluding carboxylic acids is 2. The smallest absolute Gasteiger partial charge is 0.238 e. The molecule has 0 radical (unpaired) electrons. The fourth-order valence-electron chi connectivity index (χ4n) is 4.42. The summed E-state index contributed by atoms with van der Waals surface area (Å²) in [6, 6.07) is 4.99. The summed E-state index contributed by atoms with van der Waals surface area (Å²) in [5.41, 5.74) is 0.445. The van der Waals surface area contributed by atoms with E-state index in [1.807, 2.05) is 0 Å². The van der Waals surface area contributed by atoms with Gasteiger partial charge in [0.2, 0.25) is 11.8 Å². The number of hydrogen-bond donors (Lipinski definition) is 0. The minimum atomic E-state index is -0.241. The zero-order chi connectivity index (χ0) is 16.5. The summed E-state index contributed by atoms with van der Waals surface area (Å²) in [7, 11) is 1.52. The van der Waals surface area contributed by atoms with Crippen LogP contribution in [0.2, 0.25) is 5.02 Å². The number of fused-ring (bicyclic) bond motifs is 5. The molecule has 0 N–H and O–H groups in total. The summed E-state index contributed by atoms with van der Waals surface area (Å²) >= 11 is 13.4. The minimum Gasteiger partial charge on any atom is -0.495 e. The maximum absolute atomic E-state index is 13.0. The molecule has 6 atom stereocenters. The largest absolute Gasteiger partial charge is 0.495 e. The van der Waals surface area contributed by atoms with E-state index in [2.05, 4.69) is 31.9 Å². The summed E-state index contributed by atoms with van der Waals surface area (Å²) in [5.74, 6) is 0.133. The molecule has 2 aliphatic carbocycles. The fraction of sp³-hybridized carbons (Fsp3) is 0.500. The molecule has 2 amide bonds. The molecule has 2 saturated carbocycles. The van der Waals surface area contributed by atoms with Gasteiger partial charge in [-0.1, -0.05) is 43.5 Å². The van der Waals surface area contributed by atoms with Crippen molar-refractivity contribution in [2.45, 2.75) is 16.1 Å². The summed E-state index contributed by atoms with van der Waals surface area (Å²) in [4.78, 5) is 27.7. The molecule has 1 heterocycles. The van der Waals surface area contributed by atoms with E-state index >= 15 is 0 Å². The van der Waals surface area contributed by atoms with Gasteiger partial charge >= 0.3 is 0 Å². The Morgan fingerprint density at radius 3 is 2.22 bits per heavy atom. The van der Waals surface area contributed by atoms with Crippen molar-refractivity contribution >= 4 is 61.0 Å². The predicted molar refractivity (Wildman–Crippen MR) is 94.5 cm³/mol. The molecule has 3 fully saturated rings. The van der Waals surface area contributed by atoms with Gasteiger partial charge in [-0.15, -0.1) is 0 Å². The van der Waals surface area contributed by atoms with Gasteiger partial charge < -0.3 is 4.74 Å². The quantitative estimate of drug-likeness (QED) is 0.497. The van der Waals surface area contributed by atoms with E-state index in [1.54, 1.807) is 18.2 Å². The summed E-state index contributed by atoms with van der Waals surface area (Å²) in [5, 5.41) is 0.471. The molecule has 7 heteroatoms. The number of benzene rings is 1. The molecule has 1 aromatic rings. The number of alkyl halides is 2. The van der Waals surface area contributed by atoms with Gasteiger partial charge in [0.05, 0.1) is 24.6 Å². The molecule has 1 saturated heterocycles. The lowest BCUT2D eigenvalue weighted by molar-refractivity contribution is -0.123. The monoisotopic (exact) mass is 461 g/mol. The molecular formula is C16H14Br2ClNO3. The highest BCUT2D eigenvalue weighted by Crippen LogP contribution is 2.60. The first-order valence-corrected chi connectivity index (χ1v) is 9.66. The van der Waals surface area contributed by atoms with Gasteiger partial charge in [0.25, 0.3) is 0 Å². The Hall–Kier alpha value is -0.590. The van der Waals surface area contributed by atoms with Crippen LogP contribution < -0.4 is 9.64 Å². The van der Waals surface area contributed by atoms with Gasteiger partial charge in [-0.05, 0) is 36.5 Å². The van der Waals surface area contributed by atoms with Crippen molar-refractivity contribution in [1.29, 1.82) is 0 Å². The zero-order valence-electron chi connectivity index (χ0n) is 12.2. The molecule has 4 rings (SSSR count). The number of imide groups is 1. The second-order valence-electron chi connectivity index (χ2n) is 6.33. The van der Waals surface area contributed by atoms with E-state index in [0.29, 0.717) is 16.5 Å². The normalized spacial score (nSPS) is 38.3. The number of halogens is 3. The van der Waals surface area contributed by atoms with E-state index < -0.39 is 0 Å². The standard InChI is InChI=1S/C16H14Br2ClNO3/c1-23-10-3-2-6(19)4-9(10)20-15(21)11-7-5-8(12(11)16(20)22)14(18)13(7)17/h2-4,7-8,11-14H,5H2,1H3/t7-,8+,11-,12+,13-,14+. The molecular weight excluding hydrogens is 449 g/mol. The van der Waals surface area contributed by atoms with Gasteiger partial charge in [-0.2, -0.15) is 0 Å². The van der Waals surface area contributed by atoms with E-state index in [4.69, 9.17) is 16.3 Å². The molecule has 0 aromatic heterocycles. The Morgan fingerprint density at radius 2 is 1.70 bits per heavy atom. The number of ether oxygens (including phenoxy) is 1. The lowest BCUT2D eigenvalue weighted by atomic mass is 9.81. The van der Waals surface area contributed by atoms with Crippen molar-refractivity contribution in [2.75, 3.05) is 12.0 Å². The number of hydrogen-bond acceptors (Lipinski definition) is 3. The topological polar surface area (TPSA) is 46.6 Å².